The van der Waals surface area contributed by atoms with Gasteiger partial charge in [-0.1, -0.05) is 0 Å². The number of esters is 1. The molecular weight excluding hydrogens is 304 g/mol. The van der Waals surface area contributed by atoms with Crippen molar-refractivity contribution in [2.24, 2.45) is 0 Å². The van der Waals surface area contributed by atoms with Crippen molar-refractivity contribution in [1.82, 2.24) is 0 Å². The van der Waals surface area contributed by atoms with Crippen LogP contribution in [0.3, 0.4) is 0 Å². The SMILES string of the molecule is CCOc1cc(C(O)C(=O)OC)cc(Br)c1OC. The van der Waals surface area contributed by atoms with Gasteiger partial charge in [-0.3, -0.25) is 0 Å². The molecule has 1 rings (SSSR count). The quantitative estimate of drug-likeness (QED) is 0.842. The molecule has 0 aliphatic heterocycles. The van der Waals surface area contributed by atoms with Crippen LogP contribution in [0.1, 0.15) is 18.6 Å². The summed E-state index contributed by atoms with van der Waals surface area (Å²) < 4.78 is 15.7. The molecule has 0 saturated heterocycles. The number of carbonyl (C=O) groups is 1. The zero-order valence-corrected chi connectivity index (χ0v) is 12.0. The number of carbonyl (C=O) groups excluding carboxylic acids is 1. The van der Waals surface area contributed by atoms with Gasteiger partial charge in [0.05, 0.1) is 25.3 Å². The van der Waals surface area contributed by atoms with Gasteiger partial charge in [-0.05, 0) is 40.5 Å². The number of hydrogen-bond donors (Lipinski definition) is 1. The molecule has 0 heterocycles. The van der Waals surface area contributed by atoms with Crippen LogP contribution < -0.4 is 9.47 Å². The van der Waals surface area contributed by atoms with E-state index in [9.17, 15) is 9.90 Å². The Labute approximate surface area is 114 Å². The number of halogens is 1. The van der Waals surface area contributed by atoms with Gasteiger partial charge in [0.2, 0.25) is 0 Å². The van der Waals surface area contributed by atoms with Crippen LogP contribution in [0.5, 0.6) is 11.5 Å². The highest BCUT2D eigenvalue weighted by Gasteiger charge is 2.21. The molecule has 0 fully saturated rings. The molecule has 0 aliphatic carbocycles. The Kier molecular flexibility index (Phi) is 5.43. The molecule has 100 valence electrons. The molecule has 0 amide bonds. The number of benzene rings is 1. The van der Waals surface area contributed by atoms with Gasteiger partial charge in [0.25, 0.3) is 0 Å². The summed E-state index contributed by atoms with van der Waals surface area (Å²) in [7, 11) is 2.73. The van der Waals surface area contributed by atoms with Crippen LogP contribution in [0.15, 0.2) is 16.6 Å². The molecule has 1 N–H and O–H groups in total. The molecule has 0 aromatic heterocycles. The summed E-state index contributed by atoms with van der Waals surface area (Å²) >= 11 is 3.30. The van der Waals surface area contributed by atoms with Gasteiger partial charge < -0.3 is 19.3 Å². The molecule has 0 saturated carbocycles. The number of aliphatic hydroxyl groups is 1. The van der Waals surface area contributed by atoms with Gasteiger partial charge in [0.1, 0.15) is 0 Å². The van der Waals surface area contributed by atoms with Crippen molar-refractivity contribution in [3.05, 3.63) is 22.2 Å². The highest BCUT2D eigenvalue weighted by Crippen LogP contribution is 2.38. The number of ether oxygens (including phenoxy) is 3. The minimum absolute atomic E-state index is 0.373. The smallest absolute Gasteiger partial charge is 0.339 e. The van der Waals surface area contributed by atoms with Crippen molar-refractivity contribution < 1.29 is 24.1 Å². The van der Waals surface area contributed by atoms with E-state index in [-0.39, 0.29) is 0 Å². The van der Waals surface area contributed by atoms with Crippen molar-refractivity contribution in [1.29, 1.82) is 0 Å². The number of aliphatic hydroxyl groups excluding tert-OH is 1. The summed E-state index contributed by atoms with van der Waals surface area (Å²) in [5, 5.41) is 9.78. The molecule has 1 unspecified atom stereocenters. The summed E-state index contributed by atoms with van der Waals surface area (Å²) in [4.78, 5) is 11.3. The monoisotopic (exact) mass is 318 g/mol. The first-order valence-corrected chi connectivity index (χ1v) is 6.10. The third kappa shape index (κ3) is 3.14. The maximum absolute atomic E-state index is 11.3. The van der Waals surface area contributed by atoms with E-state index < -0.39 is 12.1 Å². The fraction of sp³-hybridized carbons (Fsp3) is 0.417. The van der Waals surface area contributed by atoms with Gasteiger partial charge in [0.15, 0.2) is 17.6 Å². The standard InChI is InChI=1S/C12H15BrO5/c1-4-18-9-6-7(10(14)12(15)17-3)5-8(13)11(9)16-2/h5-6,10,14H,4H2,1-3H3. The van der Waals surface area contributed by atoms with Crippen LogP contribution in [0, 0.1) is 0 Å². The Bertz CT molecular complexity index is 433. The predicted octanol–water partition coefficient (Wildman–Crippen LogP) is 2.06. The normalized spacial score (nSPS) is 11.8. The third-order valence-corrected chi connectivity index (χ3v) is 2.87. The second-order valence-corrected chi connectivity index (χ2v) is 4.25. The van der Waals surface area contributed by atoms with E-state index in [1.165, 1.54) is 14.2 Å². The first-order valence-electron chi connectivity index (χ1n) is 5.31. The second-order valence-electron chi connectivity index (χ2n) is 3.39. The lowest BCUT2D eigenvalue weighted by molar-refractivity contribution is -0.150. The second kappa shape index (κ2) is 6.61. The zero-order valence-electron chi connectivity index (χ0n) is 10.4. The Morgan fingerprint density at radius 3 is 2.61 bits per heavy atom. The minimum Gasteiger partial charge on any atom is -0.492 e. The Morgan fingerprint density at radius 2 is 2.11 bits per heavy atom. The molecule has 0 radical (unpaired) electrons. The van der Waals surface area contributed by atoms with E-state index in [0.29, 0.717) is 28.1 Å². The van der Waals surface area contributed by atoms with Gasteiger partial charge in [-0.2, -0.15) is 0 Å². The Hall–Kier alpha value is -1.27. The van der Waals surface area contributed by atoms with Crippen molar-refractivity contribution in [3.8, 4) is 11.5 Å². The summed E-state index contributed by atoms with van der Waals surface area (Å²) in [6.07, 6.45) is -1.35. The van der Waals surface area contributed by atoms with E-state index in [0.717, 1.165) is 0 Å². The fourth-order valence-electron chi connectivity index (χ4n) is 1.45. The molecule has 1 aromatic rings. The van der Waals surface area contributed by atoms with Crippen LogP contribution in [-0.4, -0.2) is 31.9 Å². The average Bonchev–Trinajstić information content (AvgIpc) is 2.37. The van der Waals surface area contributed by atoms with E-state index in [1.807, 2.05) is 6.92 Å². The summed E-state index contributed by atoms with van der Waals surface area (Å²) in [6.45, 7) is 2.28. The van der Waals surface area contributed by atoms with Gasteiger partial charge in [0, 0.05) is 0 Å². The third-order valence-electron chi connectivity index (χ3n) is 2.28. The average molecular weight is 319 g/mol. The summed E-state index contributed by atoms with van der Waals surface area (Å²) in [6, 6.07) is 3.14. The predicted molar refractivity (Wildman–Crippen MR) is 68.8 cm³/mol. The van der Waals surface area contributed by atoms with Crippen molar-refractivity contribution >= 4 is 21.9 Å². The zero-order chi connectivity index (χ0) is 13.7. The lowest BCUT2D eigenvalue weighted by Crippen LogP contribution is -2.13. The molecular formula is C12H15BrO5. The highest BCUT2D eigenvalue weighted by atomic mass is 79.9. The van der Waals surface area contributed by atoms with Crippen LogP contribution in [-0.2, 0) is 9.53 Å². The molecule has 0 aliphatic rings. The van der Waals surface area contributed by atoms with Crippen LogP contribution in [0.4, 0.5) is 0 Å². The molecule has 5 nitrogen and oxygen atoms in total. The molecule has 0 spiro atoms. The molecule has 0 bridgehead atoms. The van der Waals surface area contributed by atoms with Gasteiger partial charge in [-0.15, -0.1) is 0 Å². The number of methoxy groups -OCH3 is 2. The summed E-state index contributed by atoms with van der Waals surface area (Å²) in [5.74, 6) is 0.236. The molecule has 6 heteroatoms. The van der Waals surface area contributed by atoms with Crippen LogP contribution >= 0.6 is 15.9 Å². The topological polar surface area (TPSA) is 65.0 Å². The maximum atomic E-state index is 11.3. The Morgan fingerprint density at radius 1 is 1.44 bits per heavy atom. The van der Waals surface area contributed by atoms with Gasteiger partial charge >= 0.3 is 5.97 Å². The van der Waals surface area contributed by atoms with Crippen LogP contribution in [0.25, 0.3) is 0 Å². The lowest BCUT2D eigenvalue weighted by atomic mass is 10.1. The number of hydrogen-bond acceptors (Lipinski definition) is 5. The van der Waals surface area contributed by atoms with E-state index in [2.05, 4.69) is 20.7 Å². The van der Waals surface area contributed by atoms with Crippen molar-refractivity contribution in [3.63, 3.8) is 0 Å². The van der Waals surface area contributed by atoms with Crippen LogP contribution in [0.2, 0.25) is 0 Å². The number of rotatable bonds is 5. The highest BCUT2D eigenvalue weighted by molar-refractivity contribution is 9.10. The van der Waals surface area contributed by atoms with E-state index in [4.69, 9.17) is 9.47 Å². The molecule has 18 heavy (non-hydrogen) atoms. The maximum Gasteiger partial charge on any atom is 0.339 e. The first-order chi connectivity index (χ1) is 8.54. The van der Waals surface area contributed by atoms with Crippen molar-refractivity contribution in [2.75, 3.05) is 20.8 Å². The molecule has 1 atom stereocenters. The molecule has 1 aromatic carbocycles. The minimum atomic E-state index is -1.35. The van der Waals surface area contributed by atoms with Gasteiger partial charge in [-0.25, -0.2) is 4.79 Å². The van der Waals surface area contributed by atoms with Crippen molar-refractivity contribution in [2.45, 2.75) is 13.0 Å². The fourth-order valence-corrected chi connectivity index (χ4v) is 2.08. The van der Waals surface area contributed by atoms with E-state index >= 15 is 0 Å². The van der Waals surface area contributed by atoms with E-state index in [1.54, 1.807) is 12.1 Å². The first kappa shape index (κ1) is 14.8. The summed E-state index contributed by atoms with van der Waals surface area (Å²) in [5.41, 5.74) is 0.373. The largest absolute Gasteiger partial charge is 0.492 e. The Balaban J connectivity index is 3.19. The lowest BCUT2D eigenvalue weighted by Gasteiger charge is -2.15.